The van der Waals surface area contributed by atoms with Crippen molar-refractivity contribution >= 4 is 56.7 Å². The molecule has 4 rings (SSSR count). The second kappa shape index (κ2) is 9.36. The van der Waals surface area contributed by atoms with Crippen molar-refractivity contribution in [3.05, 3.63) is 57.5 Å². The Balaban J connectivity index is 1.37. The van der Waals surface area contributed by atoms with Gasteiger partial charge in [-0.15, -0.1) is 5.10 Å². The van der Waals surface area contributed by atoms with Crippen molar-refractivity contribution in [1.29, 1.82) is 0 Å². The van der Waals surface area contributed by atoms with E-state index in [0.29, 0.717) is 33.5 Å². The van der Waals surface area contributed by atoms with E-state index in [1.807, 2.05) is 0 Å². The number of carbonyl (C=O) groups excluding carboxylic acids is 1. The highest BCUT2D eigenvalue weighted by atomic mass is 35.5. The van der Waals surface area contributed by atoms with Gasteiger partial charge in [0.05, 0.1) is 15.5 Å². The molecule has 2 heterocycles. The molecule has 168 valence electrons. The topological polar surface area (TPSA) is 105 Å². The summed E-state index contributed by atoms with van der Waals surface area (Å²) in [5.41, 5.74) is 0.491. The molecule has 1 aliphatic heterocycles. The van der Waals surface area contributed by atoms with Crippen LogP contribution in [-0.2, 0) is 14.8 Å². The third-order valence-corrected chi connectivity index (χ3v) is 7.81. The largest absolute Gasteiger partial charge is 0.403 e. The number of nitrogens with one attached hydrogen (secondary N) is 1. The summed E-state index contributed by atoms with van der Waals surface area (Å²) in [6.45, 7) is 0.441. The van der Waals surface area contributed by atoms with Crippen LogP contribution in [-0.4, -0.2) is 41.9 Å². The lowest BCUT2D eigenvalue weighted by atomic mass is 9.97. The minimum atomic E-state index is -3.64. The summed E-state index contributed by atoms with van der Waals surface area (Å²) in [6.07, 6.45) is 0.727. The Kier molecular flexibility index (Phi) is 6.73. The number of halogens is 3. The second-order valence-corrected chi connectivity index (χ2v) is 10.4. The number of hydrogen-bond donors (Lipinski definition) is 1. The Morgan fingerprint density at radius 2 is 1.66 bits per heavy atom. The number of benzene rings is 2. The van der Waals surface area contributed by atoms with Crippen molar-refractivity contribution in [3.8, 4) is 11.5 Å². The summed E-state index contributed by atoms with van der Waals surface area (Å²) in [6, 6.07) is 10.8. The number of anilines is 1. The molecule has 0 bridgehead atoms. The molecule has 1 amide bonds. The van der Waals surface area contributed by atoms with Gasteiger partial charge in [0.15, 0.2) is 0 Å². The molecule has 2 aromatic carbocycles. The minimum absolute atomic E-state index is 0.0627. The van der Waals surface area contributed by atoms with Crippen LogP contribution in [0.15, 0.2) is 51.8 Å². The summed E-state index contributed by atoms with van der Waals surface area (Å²) in [5.74, 6) is -0.557. The predicted molar refractivity (Wildman–Crippen MR) is 121 cm³/mol. The summed E-state index contributed by atoms with van der Waals surface area (Å²) in [5, 5.41) is 11.6. The molecule has 0 unspecified atom stereocenters. The molecule has 0 aliphatic carbocycles. The van der Waals surface area contributed by atoms with Gasteiger partial charge in [0.2, 0.25) is 15.9 Å². The van der Waals surface area contributed by atoms with Gasteiger partial charge in [-0.05, 0) is 55.3 Å². The fourth-order valence-electron chi connectivity index (χ4n) is 3.37. The molecule has 1 aliphatic rings. The van der Waals surface area contributed by atoms with Crippen LogP contribution >= 0.6 is 34.8 Å². The van der Waals surface area contributed by atoms with E-state index < -0.39 is 10.0 Å². The van der Waals surface area contributed by atoms with Crippen LogP contribution in [0.1, 0.15) is 12.8 Å². The van der Waals surface area contributed by atoms with E-state index in [-0.39, 0.29) is 41.7 Å². The molecule has 0 radical (unpaired) electrons. The second-order valence-electron chi connectivity index (χ2n) is 7.16. The molecule has 3 aromatic rings. The number of sulfonamides is 1. The summed E-state index contributed by atoms with van der Waals surface area (Å²) in [7, 11) is -3.64. The highest BCUT2D eigenvalue weighted by molar-refractivity contribution is 7.89. The Morgan fingerprint density at radius 1 is 1.00 bits per heavy atom. The summed E-state index contributed by atoms with van der Waals surface area (Å²) in [4.78, 5) is 12.8. The highest BCUT2D eigenvalue weighted by Crippen LogP contribution is 2.31. The fourth-order valence-corrected chi connectivity index (χ4v) is 5.45. The number of amides is 1. The zero-order valence-electron chi connectivity index (χ0n) is 16.5. The van der Waals surface area contributed by atoms with Gasteiger partial charge < -0.3 is 4.42 Å². The SMILES string of the molecule is O=C(Nc1nnc(-c2ccc(Cl)cc2Cl)o1)C1CCN(S(=O)(=O)c2ccc(Cl)cc2)CC1. The van der Waals surface area contributed by atoms with Crippen LogP contribution in [0.2, 0.25) is 15.1 Å². The lowest BCUT2D eigenvalue weighted by Crippen LogP contribution is -2.41. The molecule has 1 fully saturated rings. The summed E-state index contributed by atoms with van der Waals surface area (Å²) < 4.78 is 32.4. The van der Waals surface area contributed by atoms with Crippen molar-refractivity contribution < 1.29 is 17.6 Å². The van der Waals surface area contributed by atoms with Gasteiger partial charge in [0.1, 0.15) is 0 Å². The van der Waals surface area contributed by atoms with E-state index >= 15 is 0 Å². The number of piperidine rings is 1. The lowest BCUT2D eigenvalue weighted by Gasteiger charge is -2.30. The summed E-state index contributed by atoms with van der Waals surface area (Å²) >= 11 is 17.9. The first-order valence-corrected chi connectivity index (χ1v) is 12.2. The molecule has 0 spiro atoms. The number of carbonyl (C=O) groups is 1. The van der Waals surface area contributed by atoms with Gasteiger partial charge in [-0.2, -0.15) is 4.31 Å². The third-order valence-electron chi connectivity index (χ3n) is 5.09. The maximum Gasteiger partial charge on any atom is 0.322 e. The van der Waals surface area contributed by atoms with Crippen molar-refractivity contribution in [2.75, 3.05) is 18.4 Å². The van der Waals surface area contributed by atoms with E-state index in [1.54, 1.807) is 18.2 Å². The molecular weight excluding hydrogens is 499 g/mol. The van der Waals surface area contributed by atoms with Gasteiger partial charge in [-0.1, -0.05) is 39.9 Å². The van der Waals surface area contributed by atoms with E-state index in [1.165, 1.54) is 28.6 Å². The van der Waals surface area contributed by atoms with Crippen LogP contribution < -0.4 is 5.32 Å². The lowest BCUT2D eigenvalue weighted by molar-refractivity contribution is -0.121. The Labute approximate surface area is 199 Å². The van der Waals surface area contributed by atoms with Gasteiger partial charge >= 0.3 is 6.01 Å². The van der Waals surface area contributed by atoms with Crippen molar-refractivity contribution in [2.24, 2.45) is 5.92 Å². The first kappa shape index (κ1) is 23.0. The Bertz CT molecular complexity index is 1240. The molecule has 1 saturated heterocycles. The van der Waals surface area contributed by atoms with Crippen LogP contribution in [0.5, 0.6) is 0 Å². The highest BCUT2D eigenvalue weighted by Gasteiger charge is 2.32. The van der Waals surface area contributed by atoms with Crippen molar-refractivity contribution in [1.82, 2.24) is 14.5 Å². The number of aromatic nitrogens is 2. The zero-order chi connectivity index (χ0) is 22.9. The molecule has 12 heteroatoms. The standard InChI is InChI=1S/C20H17Cl3N4O4S/c21-13-1-4-15(5-2-13)32(29,30)27-9-7-12(8-10-27)18(28)24-20-26-25-19(31-20)16-6-3-14(22)11-17(16)23/h1-6,11-12H,7-10H2,(H,24,26,28). The number of rotatable bonds is 5. The molecular formula is C20H17Cl3N4O4S. The molecule has 0 saturated carbocycles. The van der Waals surface area contributed by atoms with Crippen LogP contribution in [0.25, 0.3) is 11.5 Å². The maximum absolute atomic E-state index is 12.8. The molecule has 1 aromatic heterocycles. The average Bonchev–Trinajstić information content (AvgIpc) is 3.22. The van der Waals surface area contributed by atoms with Gasteiger partial charge in [-0.3, -0.25) is 10.1 Å². The monoisotopic (exact) mass is 514 g/mol. The van der Waals surface area contributed by atoms with Gasteiger partial charge in [0, 0.05) is 29.1 Å². The zero-order valence-corrected chi connectivity index (χ0v) is 19.5. The van der Waals surface area contributed by atoms with Crippen molar-refractivity contribution in [2.45, 2.75) is 17.7 Å². The third kappa shape index (κ3) is 4.92. The van der Waals surface area contributed by atoms with Crippen molar-refractivity contribution in [3.63, 3.8) is 0 Å². The molecule has 8 nitrogen and oxygen atoms in total. The normalized spacial score (nSPS) is 15.6. The molecule has 1 N–H and O–H groups in total. The Hall–Kier alpha value is -2.17. The van der Waals surface area contributed by atoms with Gasteiger partial charge in [0.25, 0.3) is 5.89 Å². The maximum atomic E-state index is 12.8. The predicted octanol–water partition coefficient (Wildman–Crippen LogP) is 4.74. The van der Waals surface area contributed by atoms with Gasteiger partial charge in [-0.25, -0.2) is 8.42 Å². The first-order chi connectivity index (χ1) is 15.2. The fraction of sp³-hybridized carbons (Fsp3) is 0.250. The van der Waals surface area contributed by atoms with E-state index in [4.69, 9.17) is 39.2 Å². The quantitative estimate of drug-likeness (QED) is 0.526. The smallest absolute Gasteiger partial charge is 0.322 e. The van der Waals surface area contributed by atoms with Crippen LogP contribution in [0.3, 0.4) is 0 Å². The van der Waals surface area contributed by atoms with E-state index in [0.717, 1.165) is 0 Å². The van der Waals surface area contributed by atoms with Crippen LogP contribution in [0, 0.1) is 5.92 Å². The molecule has 32 heavy (non-hydrogen) atoms. The Morgan fingerprint density at radius 3 is 2.31 bits per heavy atom. The molecule has 0 atom stereocenters. The number of nitrogens with zero attached hydrogens (tertiary/aromatic N) is 3. The van der Waals surface area contributed by atoms with E-state index in [2.05, 4.69) is 15.5 Å². The average molecular weight is 516 g/mol. The minimum Gasteiger partial charge on any atom is -0.403 e. The first-order valence-electron chi connectivity index (χ1n) is 9.59. The number of hydrogen-bond acceptors (Lipinski definition) is 6. The van der Waals surface area contributed by atoms with E-state index in [9.17, 15) is 13.2 Å². The van der Waals surface area contributed by atoms with Crippen LogP contribution in [0.4, 0.5) is 6.01 Å².